The van der Waals surface area contributed by atoms with Crippen LogP contribution in [0.1, 0.15) is 19.4 Å². The van der Waals surface area contributed by atoms with E-state index in [9.17, 15) is 4.79 Å². The monoisotopic (exact) mass is 287 g/mol. The van der Waals surface area contributed by atoms with Crippen LogP contribution in [-0.4, -0.2) is 54.5 Å². The lowest BCUT2D eigenvalue weighted by atomic mass is 9.86. The van der Waals surface area contributed by atoms with Gasteiger partial charge in [0.15, 0.2) is 0 Å². The number of benzene rings is 1. The van der Waals surface area contributed by atoms with Crippen molar-refractivity contribution in [3.05, 3.63) is 29.8 Å². The first-order chi connectivity index (χ1) is 10.1. The van der Waals surface area contributed by atoms with E-state index in [-0.39, 0.29) is 12.0 Å². The van der Waals surface area contributed by atoms with Crippen molar-refractivity contribution in [1.82, 2.24) is 9.80 Å². The quantitative estimate of drug-likeness (QED) is 0.856. The number of anilines is 1. The number of carbonyl (C=O) groups excluding carboxylic acids is 1. The number of piperazine rings is 1. The van der Waals surface area contributed by atoms with E-state index in [1.807, 2.05) is 6.07 Å². The second-order valence-corrected chi connectivity index (χ2v) is 6.54. The van der Waals surface area contributed by atoms with Crippen molar-refractivity contribution in [3.8, 4) is 0 Å². The van der Waals surface area contributed by atoms with Gasteiger partial charge in [0.05, 0.1) is 5.92 Å². The number of carbonyl (C=O) groups is 1. The zero-order valence-electron chi connectivity index (χ0n) is 13.2. The molecule has 2 aliphatic rings. The normalized spacial score (nSPS) is 29.7. The Kier molecular flexibility index (Phi) is 3.89. The van der Waals surface area contributed by atoms with Gasteiger partial charge in [-0.05, 0) is 38.9 Å². The Bertz CT molecular complexity index is 531. The second kappa shape index (κ2) is 5.68. The average Bonchev–Trinajstić information content (AvgIpc) is 2.46. The summed E-state index contributed by atoms with van der Waals surface area (Å²) in [4.78, 5) is 17.3. The molecule has 1 N–H and O–H groups in total. The predicted octanol–water partition coefficient (Wildman–Crippen LogP) is 1.82. The van der Waals surface area contributed by atoms with Crippen molar-refractivity contribution < 1.29 is 4.79 Å². The lowest BCUT2D eigenvalue weighted by molar-refractivity contribution is -0.140. The van der Waals surface area contributed by atoms with Crippen LogP contribution in [0.15, 0.2) is 24.3 Å². The number of para-hydroxylation sites is 1. The molecule has 4 nitrogen and oxygen atoms in total. The molecule has 1 amide bonds. The lowest BCUT2D eigenvalue weighted by Crippen LogP contribution is -2.56. The van der Waals surface area contributed by atoms with E-state index in [1.165, 1.54) is 11.3 Å². The Labute approximate surface area is 127 Å². The average molecular weight is 287 g/mol. The van der Waals surface area contributed by atoms with Crippen molar-refractivity contribution in [2.75, 3.05) is 32.0 Å². The van der Waals surface area contributed by atoms with Crippen LogP contribution in [0.2, 0.25) is 0 Å². The summed E-state index contributed by atoms with van der Waals surface area (Å²) in [5, 5.41) is 3.50. The lowest BCUT2D eigenvalue weighted by Gasteiger charge is -2.42. The van der Waals surface area contributed by atoms with Crippen LogP contribution >= 0.6 is 0 Å². The fourth-order valence-electron chi connectivity index (χ4n) is 3.58. The highest BCUT2D eigenvalue weighted by Crippen LogP contribution is 2.30. The molecular formula is C17H25N3O. The molecule has 3 rings (SSSR count). The highest BCUT2D eigenvalue weighted by molar-refractivity contribution is 5.82. The fourth-order valence-corrected chi connectivity index (χ4v) is 3.58. The summed E-state index contributed by atoms with van der Waals surface area (Å²) in [5.41, 5.74) is 2.44. The minimum absolute atomic E-state index is 0.0470. The standard InChI is InChI=1S/C17H25N3O/c1-12-11-19(3)8-9-20(12)17(21)15-10-14-6-4-5-7-16(14)18-13(15)2/h4-7,12-13,15,18H,8-11H2,1-3H3. The Morgan fingerprint density at radius 1 is 1.24 bits per heavy atom. The van der Waals surface area contributed by atoms with Crippen molar-refractivity contribution >= 4 is 11.6 Å². The maximum Gasteiger partial charge on any atom is 0.228 e. The summed E-state index contributed by atoms with van der Waals surface area (Å²) in [7, 11) is 2.12. The van der Waals surface area contributed by atoms with Crippen LogP contribution in [0.25, 0.3) is 0 Å². The van der Waals surface area contributed by atoms with Gasteiger partial charge in [-0.1, -0.05) is 18.2 Å². The molecule has 0 spiro atoms. The van der Waals surface area contributed by atoms with Gasteiger partial charge in [-0.25, -0.2) is 0 Å². The zero-order chi connectivity index (χ0) is 15.0. The third-order valence-corrected chi connectivity index (χ3v) is 4.87. The zero-order valence-corrected chi connectivity index (χ0v) is 13.2. The SMILES string of the molecule is CC1Nc2ccccc2CC1C(=O)N1CCN(C)CC1C. The van der Waals surface area contributed by atoms with Crippen LogP contribution in [-0.2, 0) is 11.2 Å². The molecule has 4 heteroatoms. The van der Waals surface area contributed by atoms with Crippen molar-refractivity contribution in [3.63, 3.8) is 0 Å². The molecule has 1 aromatic carbocycles. The first-order valence-corrected chi connectivity index (χ1v) is 7.89. The van der Waals surface area contributed by atoms with Gasteiger partial charge in [0.2, 0.25) is 5.91 Å². The number of rotatable bonds is 1. The predicted molar refractivity (Wildman–Crippen MR) is 85.4 cm³/mol. The van der Waals surface area contributed by atoms with Crippen molar-refractivity contribution in [2.24, 2.45) is 5.92 Å². The largest absolute Gasteiger partial charge is 0.382 e. The third-order valence-electron chi connectivity index (χ3n) is 4.87. The molecule has 0 bridgehead atoms. The van der Waals surface area contributed by atoms with Gasteiger partial charge >= 0.3 is 0 Å². The fraction of sp³-hybridized carbons (Fsp3) is 0.588. The summed E-state index contributed by atoms with van der Waals surface area (Å²) in [6, 6.07) is 8.83. The van der Waals surface area contributed by atoms with E-state index in [0.717, 1.165) is 26.1 Å². The van der Waals surface area contributed by atoms with Gasteiger partial charge in [-0.2, -0.15) is 0 Å². The van der Waals surface area contributed by atoms with Gasteiger partial charge in [0, 0.05) is 37.4 Å². The molecule has 1 saturated heterocycles. The summed E-state index contributed by atoms with van der Waals surface area (Å²) < 4.78 is 0. The van der Waals surface area contributed by atoms with Crippen molar-refractivity contribution in [2.45, 2.75) is 32.4 Å². The first-order valence-electron chi connectivity index (χ1n) is 7.89. The number of amides is 1. The van der Waals surface area contributed by atoms with E-state index >= 15 is 0 Å². The highest BCUT2D eigenvalue weighted by Gasteiger charge is 2.36. The molecule has 21 heavy (non-hydrogen) atoms. The molecule has 0 aromatic heterocycles. The summed E-state index contributed by atoms with van der Waals surface area (Å²) >= 11 is 0. The van der Waals surface area contributed by atoms with E-state index in [1.54, 1.807) is 0 Å². The summed E-state index contributed by atoms with van der Waals surface area (Å²) in [6.07, 6.45) is 0.849. The number of fused-ring (bicyclic) bond motifs is 1. The van der Waals surface area contributed by atoms with E-state index < -0.39 is 0 Å². The molecule has 114 valence electrons. The topological polar surface area (TPSA) is 35.6 Å². The molecule has 2 aliphatic heterocycles. The van der Waals surface area contributed by atoms with Gasteiger partial charge in [-0.15, -0.1) is 0 Å². The Morgan fingerprint density at radius 2 is 2.00 bits per heavy atom. The molecule has 1 aromatic rings. The number of nitrogens with zero attached hydrogens (tertiary/aromatic N) is 2. The third kappa shape index (κ3) is 2.77. The van der Waals surface area contributed by atoms with Crippen LogP contribution in [0.5, 0.6) is 0 Å². The summed E-state index contributed by atoms with van der Waals surface area (Å²) in [5.74, 6) is 0.357. The number of nitrogens with one attached hydrogen (secondary N) is 1. The van der Waals surface area contributed by atoms with Crippen LogP contribution in [0, 0.1) is 5.92 Å². The Hall–Kier alpha value is -1.55. The minimum Gasteiger partial charge on any atom is -0.382 e. The smallest absolute Gasteiger partial charge is 0.228 e. The van der Waals surface area contributed by atoms with Gasteiger partial charge in [0.25, 0.3) is 0 Å². The maximum atomic E-state index is 13.0. The second-order valence-electron chi connectivity index (χ2n) is 6.54. The van der Waals surface area contributed by atoms with E-state index in [0.29, 0.717) is 11.9 Å². The molecule has 0 saturated carbocycles. The maximum absolute atomic E-state index is 13.0. The molecular weight excluding hydrogens is 262 g/mol. The van der Waals surface area contributed by atoms with Gasteiger partial charge < -0.3 is 15.1 Å². The van der Waals surface area contributed by atoms with E-state index in [4.69, 9.17) is 0 Å². The van der Waals surface area contributed by atoms with E-state index in [2.05, 4.69) is 54.2 Å². The molecule has 0 aliphatic carbocycles. The number of hydrogen-bond acceptors (Lipinski definition) is 3. The van der Waals surface area contributed by atoms with Crippen LogP contribution in [0.4, 0.5) is 5.69 Å². The van der Waals surface area contributed by atoms with Crippen LogP contribution < -0.4 is 5.32 Å². The molecule has 0 radical (unpaired) electrons. The van der Waals surface area contributed by atoms with Crippen molar-refractivity contribution in [1.29, 1.82) is 0 Å². The number of likely N-dealkylation sites (N-methyl/N-ethyl adjacent to an activating group) is 1. The van der Waals surface area contributed by atoms with Crippen LogP contribution in [0.3, 0.4) is 0 Å². The minimum atomic E-state index is 0.0470. The molecule has 3 unspecified atom stereocenters. The number of hydrogen-bond donors (Lipinski definition) is 1. The molecule has 2 heterocycles. The highest BCUT2D eigenvalue weighted by atomic mass is 16.2. The first kappa shape index (κ1) is 14.4. The molecule has 1 fully saturated rings. The molecule has 3 atom stereocenters. The van der Waals surface area contributed by atoms with Gasteiger partial charge in [-0.3, -0.25) is 4.79 Å². The summed E-state index contributed by atoms with van der Waals surface area (Å²) in [6.45, 7) is 7.07. The Balaban J connectivity index is 1.76. The van der Waals surface area contributed by atoms with Gasteiger partial charge in [0.1, 0.15) is 0 Å². The Morgan fingerprint density at radius 3 is 2.76 bits per heavy atom.